The van der Waals surface area contributed by atoms with Crippen LogP contribution in [0.1, 0.15) is 44.8 Å². The minimum atomic E-state index is -0.415. The van der Waals surface area contributed by atoms with E-state index in [1.807, 2.05) is 48.5 Å². The molecule has 0 aliphatic carbocycles. The molecule has 0 unspecified atom stereocenters. The summed E-state index contributed by atoms with van der Waals surface area (Å²) in [6.07, 6.45) is 3.21. The summed E-state index contributed by atoms with van der Waals surface area (Å²) in [6.45, 7) is 1.30. The molecule has 1 fully saturated rings. The molecule has 3 amide bonds. The van der Waals surface area contributed by atoms with Gasteiger partial charge in [-0.05, 0) is 54.8 Å². The van der Waals surface area contributed by atoms with Crippen molar-refractivity contribution in [3.8, 4) is 0 Å². The van der Waals surface area contributed by atoms with E-state index in [1.165, 1.54) is 0 Å². The zero-order valence-electron chi connectivity index (χ0n) is 18.1. The molecule has 2 aliphatic rings. The number of hydrogen-bond acceptors (Lipinski definition) is 4. The van der Waals surface area contributed by atoms with Crippen LogP contribution >= 0.6 is 0 Å². The van der Waals surface area contributed by atoms with E-state index in [0.717, 1.165) is 17.7 Å². The third-order valence-corrected chi connectivity index (χ3v) is 6.20. The van der Waals surface area contributed by atoms with E-state index in [4.69, 9.17) is 0 Å². The zero-order valence-corrected chi connectivity index (χ0v) is 18.1. The maximum absolute atomic E-state index is 13.4. The van der Waals surface area contributed by atoms with Crippen molar-refractivity contribution in [1.29, 1.82) is 0 Å². The van der Waals surface area contributed by atoms with E-state index >= 15 is 0 Å². The van der Waals surface area contributed by atoms with Crippen LogP contribution in [0, 0.1) is 0 Å². The van der Waals surface area contributed by atoms with E-state index < -0.39 is 6.04 Å². The van der Waals surface area contributed by atoms with Crippen molar-refractivity contribution in [2.24, 2.45) is 0 Å². The van der Waals surface area contributed by atoms with E-state index in [-0.39, 0.29) is 17.7 Å². The van der Waals surface area contributed by atoms with Gasteiger partial charge in [0.05, 0.1) is 30.0 Å². The van der Waals surface area contributed by atoms with Gasteiger partial charge >= 0.3 is 0 Å². The largest absolute Gasteiger partial charge is 0.346 e. The number of amides is 3. The second kappa shape index (κ2) is 8.86. The molecule has 7 heteroatoms. The number of benzene rings is 2. The maximum Gasteiger partial charge on any atom is 0.256 e. The number of pyridine rings is 1. The summed E-state index contributed by atoms with van der Waals surface area (Å²) in [7, 11) is 0. The number of nitrogens with one attached hydrogen (secondary N) is 1. The van der Waals surface area contributed by atoms with Gasteiger partial charge in [0.1, 0.15) is 6.04 Å². The average Bonchev–Trinajstić information content (AvgIpc) is 3.33. The lowest BCUT2D eigenvalue weighted by Crippen LogP contribution is -2.44. The van der Waals surface area contributed by atoms with Crippen molar-refractivity contribution in [2.75, 3.05) is 11.4 Å². The molecule has 1 aromatic heterocycles. The van der Waals surface area contributed by atoms with E-state index in [9.17, 15) is 14.4 Å². The van der Waals surface area contributed by atoms with Crippen LogP contribution in [0.2, 0.25) is 0 Å². The number of rotatable bonds is 5. The van der Waals surface area contributed by atoms with Crippen molar-refractivity contribution < 1.29 is 14.4 Å². The van der Waals surface area contributed by atoms with Crippen LogP contribution in [-0.2, 0) is 17.9 Å². The Labute approximate surface area is 192 Å². The van der Waals surface area contributed by atoms with E-state index in [2.05, 4.69) is 10.3 Å². The van der Waals surface area contributed by atoms with Gasteiger partial charge in [0.15, 0.2) is 0 Å². The van der Waals surface area contributed by atoms with Crippen molar-refractivity contribution >= 4 is 23.4 Å². The first-order valence-corrected chi connectivity index (χ1v) is 11.1. The number of para-hydroxylation sites is 1. The Morgan fingerprint density at radius 3 is 2.58 bits per heavy atom. The first-order valence-electron chi connectivity index (χ1n) is 11.1. The predicted octanol–water partition coefficient (Wildman–Crippen LogP) is 3.16. The Morgan fingerprint density at radius 2 is 1.79 bits per heavy atom. The fourth-order valence-corrected chi connectivity index (χ4v) is 4.49. The smallest absolute Gasteiger partial charge is 0.256 e. The summed E-state index contributed by atoms with van der Waals surface area (Å²) in [5.41, 5.74) is 3.41. The summed E-state index contributed by atoms with van der Waals surface area (Å²) < 4.78 is 0. The first-order chi connectivity index (χ1) is 16.1. The Hall–Kier alpha value is -4.00. The number of anilines is 1. The van der Waals surface area contributed by atoms with Gasteiger partial charge in [-0.1, -0.05) is 30.3 Å². The SMILES string of the molecule is O=C(NCc1ccccn1)c1ccc(CN2C(=O)[C@@H]3CCCN3C(=O)c3ccccc32)cc1. The Bertz CT molecular complexity index is 1190. The minimum absolute atomic E-state index is 0.0528. The van der Waals surface area contributed by atoms with Crippen LogP contribution in [0.3, 0.4) is 0 Å². The lowest BCUT2D eigenvalue weighted by atomic mass is 10.1. The summed E-state index contributed by atoms with van der Waals surface area (Å²) in [5.74, 6) is -0.317. The van der Waals surface area contributed by atoms with Gasteiger partial charge in [0.25, 0.3) is 11.8 Å². The lowest BCUT2D eigenvalue weighted by Gasteiger charge is -2.26. The van der Waals surface area contributed by atoms with Crippen LogP contribution in [0.4, 0.5) is 5.69 Å². The highest BCUT2D eigenvalue weighted by Crippen LogP contribution is 2.33. The van der Waals surface area contributed by atoms with Crippen LogP contribution in [0.5, 0.6) is 0 Å². The Balaban J connectivity index is 1.34. The van der Waals surface area contributed by atoms with Gasteiger partial charge in [-0.3, -0.25) is 19.4 Å². The van der Waals surface area contributed by atoms with Crippen LogP contribution in [-0.4, -0.2) is 40.2 Å². The van der Waals surface area contributed by atoms with Crippen LogP contribution in [0.25, 0.3) is 0 Å². The number of nitrogens with zero attached hydrogens (tertiary/aromatic N) is 3. The molecule has 1 atom stereocenters. The second-order valence-corrected chi connectivity index (χ2v) is 8.30. The molecule has 166 valence electrons. The number of hydrogen-bond donors (Lipinski definition) is 1. The highest BCUT2D eigenvalue weighted by molar-refractivity contribution is 6.11. The van der Waals surface area contributed by atoms with Gasteiger partial charge in [0.2, 0.25) is 5.91 Å². The fourth-order valence-electron chi connectivity index (χ4n) is 4.49. The molecule has 0 radical (unpaired) electrons. The maximum atomic E-state index is 13.4. The minimum Gasteiger partial charge on any atom is -0.346 e. The molecule has 1 saturated heterocycles. The number of fused-ring (bicyclic) bond motifs is 2. The highest BCUT2D eigenvalue weighted by atomic mass is 16.2. The summed E-state index contributed by atoms with van der Waals surface area (Å²) in [5, 5.41) is 2.87. The van der Waals surface area contributed by atoms with Gasteiger partial charge in [-0.2, -0.15) is 0 Å². The molecule has 33 heavy (non-hydrogen) atoms. The molecule has 7 nitrogen and oxygen atoms in total. The van der Waals surface area contributed by atoms with Crippen LogP contribution in [0.15, 0.2) is 72.9 Å². The standard InChI is InChI=1S/C26H24N4O3/c31-24(28-16-20-6-3-4-14-27-20)19-12-10-18(11-13-19)17-30-22-8-2-1-7-21(22)25(32)29-15-5-9-23(29)26(30)33/h1-4,6-8,10-14,23H,5,9,15-17H2,(H,28,31)/t23-/m0/s1. The Morgan fingerprint density at radius 1 is 1.00 bits per heavy atom. The van der Waals surface area contributed by atoms with Crippen molar-refractivity contribution in [3.05, 3.63) is 95.3 Å². The third kappa shape index (κ3) is 4.09. The first kappa shape index (κ1) is 20.9. The number of aromatic nitrogens is 1. The van der Waals surface area contributed by atoms with Crippen LogP contribution < -0.4 is 10.2 Å². The van der Waals surface area contributed by atoms with Gasteiger partial charge in [-0.25, -0.2) is 0 Å². The molecule has 0 saturated carbocycles. The highest BCUT2D eigenvalue weighted by Gasteiger charge is 2.41. The molecular formula is C26H24N4O3. The molecule has 2 aliphatic heterocycles. The second-order valence-electron chi connectivity index (χ2n) is 8.30. The quantitative estimate of drug-likeness (QED) is 0.661. The van der Waals surface area contributed by atoms with Crippen molar-refractivity contribution in [3.63, 3.8) is 0 Å². The van der Waals surface area contributed by atoms with E-state index in [0.29, 0.717) is 42.9 Å². The monoisotopic (exact) mass is 440 g/mol. The molecule has 3 aromatic rings. The molecule has 1 N–H and O–H groups in total. The van der Waals surface area contributed by atoms with Crippen molar-refractivity contribution in [2.45, 2.75) is 32.0 Å². The number of carbonyl (C=O) groups is 3. The lowest BCUT2D eigenvalue weighted by molar-refractivity contribution is -0.122. The third-order valence-electron chi connectivity index (χ3n) is 6.20. The molecule has 0 bridgehead atoms. The molecule has 5 rings (SSSR count). The normalized spacial score (nSPS) is 17.4. The van der Waals surface area contributed by atoms with E-state index in [1.54, 1.807) is 34.2 Å². The summed E-state index contributed by atoms with van der Waals surface area (Å²) >= 11 is 0. The predicted molar refractivity (Wildman–Crippen MR) is 124 cm³/mol. The average molecular weight is 441 g/mol. The molecular weight excluding hydrogens is 416 g/mol. The number of carbonyl (C=O) groups excluding carboxylic acids is 3. The summed E-state index contributed by atoms with van der Waals surface area (Å²) in [4.78, 5) is 46.6. The van der Waals surface area contributed by atoms with Gasteiger partial charge in [-0.15, -0.1) is 0 Å². The zero-order chi connectivity index (χ0) is 22.8. The topological polar surface area (TPSA) is 82.6 Å². The molecule has 0 spiro atoms. The molecule has 3 heterocycles. The van der Waals surface area contributed by atoms with Gasteiger partial charge in [0, 0.05) is 18.3 Å². The molecule has 2 aromatic carbocycles. The van der Waals surface area contributed by atoms with Crippen molar-refractivity contribution in [1.82, 2.24) is 15.2 Å². The van der Waals surface area contributed by atoms with Gasteiger partial charge < -0.3 is 15.1 Å². The Kier molecular flexibility index (Phi) is 5.60. The fraction of sp³-hybridized carbons (Fsp3) is 0.231. The summed E-state index contributed by atoms with van der Waals surface area (Å²) in [6, 6.07) is 19.6.